The van der Waals surface area contributed by atoms with Crippen molar-refractivity contribution in [2.45, 2.75) is 12.6 Å². The van der Waals surface area contributed by atoms with E-state index in [0.29, 0.717) is 18.8 Å². The normalized spacial score (nSPS) is 19.2. The molecule has 0 spiro atoms. The Morgan fingerprint density at radius 1 is 1.63 bits per heavy atom. The number of hydrogen-bond acceptors (Lipinski definition) is 4. The molecule has 1 unspecified atom stereocenters. The number of nitrogens with zero attached hydrogens (tertiary/aromatic N) is 3. The van der Waals surface area contributed by atoms with Gasteiger partial charge in [-0.2, -0.15) is 16.9 Å². The van der Waals surface area contributed by atoms with E-state index in [4.69, 9.17) is 5.11 Å². The van der Waals surface area contributed by atoms with Crippen LogP contribution in [0.5, 0.6) is 0 Å². The van der Waals surface area contributed by atoms with Crippen LogP contribution in [0.1, 0.15) is 5.56 Å². The molecule has 0 bridgehead atoms. The van der Waals surface area contributed by atoms with Gasteiger partial charge in [0.05, 0.1) is 6.20 Å². The smallest absolute Gasteiger partial charge is 0.327 e. The molecule has 2 heterocycles. The van der Waals surface area contributed by atoms with Crippen LogP contribution in [-0.2, 0) is 18.4 Å². The molecule has 8 heteroatoms. The summed E-state index contributed by atoms with van der Waals surface area (Å²) in [7, 11) is 1.80. The molecule has 7 nitrogen and oxygen atoms in total. The van der Waals surface area contributed by atoms with Gasteiger partial charge in [0, 0.05) is 43.4 Å². The Hall–Kier alpha value is -1.70. The average Bonchev–Trinajstić information content (AvgIpc) is 2.81. The van der Waals surface area contributed by atoms with Gasteiger partial charge < -0.3 is 15.3 Å². The van der Waals surface area contributed by atoms with Crippen molar-refractivity contribution in [2.75, 3.05) is 18.1 Å². The van der Waals surface area contributed by atoms with Crippen LogP contribution < -0.4 is 5.32 Å². The number of carboxylic acid groups (broad SMARTS) is 1. The summed E-state index contributed by atoms with van der Waals surface area (Å²) in [5, 5.41) is 15.8. The highest BCUT2D eigenvalue weighted by atomic mass is 32.2. The van der Waals surface area contributed by atoms with Crippen LogP contribution in [0.4, 0.5) is 4.79 Å². The number of carbonyl (C=O) groups excluding carboxylic acids is 1. The Morgan fingerprint density at radius 2 is 2.42 bits per heavy atom. The monoisotopic (exact) mass is 284 g/mol. The lowest BCUT2D eigenvalue weighted by molar-refractivity contribution is -0.141. The molecule has 1 aliphatic rings. The summed E-state index contributed by atoms with van der Waals surface area (Å²) in [5.74, 6) is 0.253. The number of hydrogen-bond donors (Lipinski definition) is 2. The summed E-state index contributed by atoms with van der Waals surface area (Å²) in [4.78, 5) is 24.5. The van der Waals surface area contributed by atoms with E-state index >= 15 is 0 Å². The van der Waals surface area contributed by atoms with Crippen molar-refractivity contribution in [3.05, 3.63) is 18.0 Å². The topological polar surface area (TPSA) is 87.5 Å². The lowest BCUT2D eigenvalue weighted by atomic mass is 10.3. The number of carboxylic acids is 1. The van der Waals surface area contributed by atoms with Gasteiger partial charge >= 0.3 is 12.0 Å². The van der Waals surface area contributed by atoms with Crippen LogP contribution in [0.2, 0.25) is 0 Å². The number of urea groups is 1. The molecule has 0 saturated carbocycles. The Bertz CT molecular complexity index is 476. The lowest BCUT2D eigenvalue weighted by Crippen LogP contribution is -2.53. The standard InChI is InChI=1S/C11H16N4O3S/c1-14-6-8(5-13-14)4-12-11(18)15-2-3-19-7-9(15)10(16)17/h5-6,9H,2-4,7H2,1H3,(H,12,18)(H,16,17). The van der Waals surface area contributed by atoms with Gasteiger partial charge in [-0.1, -0.05) is 0 Å². The van der Waals surface area contributed by atoms with E-state index < -0.39 is 12.0 Å². The zero-order chi connectivity index (χ0) is 13.8. The van der Waals surface area contributed by atoms with E-state index in [9.17, 15) is 9.59 Å². The molecule has 0 aromatic carbocycles. The maximum absolute atomic E-state index is 12.0. The number of aryl methyl sites for hydroxylation is 1. The van der Waals surface area contributed by atoms with Crippen LogP contribution in [0.25, 0.3) is 0 Å². The van der Waals surface area contributed by atoms with Crippen LogP contribution in [0, 0.1) is 0 Å². The highest BCUT2D eigenvalue weighted by Crippen LogP contribution is 2.16. The van der Waals surface area contributed by atoms with Crippen molar-refractivity contribution < 1.29 is 14.7 Å². The average molecular weight is 284 g/mol. The minimum atomic E-state index is -0.955. The fraction of sp³-hybridized carbons (Fsp3) is 0.545. The second-order valence-electron chi connectivity index (χ2n) is 4.30. The van der Waals surface area contributed by atoms with Crippen LogP contribution in [0.3, 0.4) is 0 Å². The third kappa shape index (κ3) is 3.40. The fourth-order valence-corrected chi connectivity index (χ4v) is 2.93. The first-order chi connectivity index (χ1) is 9.08. The Kier molecular flexibility index (Phi) is 4.31. The van der Waals surface area contributed by atoms with E-state index in [-0.39, 0.29) is 6.03 Å². The molecule has 1 aliphatic heterocycles. The summed E-state index contributed by atoms with van der Waals surface area (Å²) in [6, 6.07) is -1.08. The van der Waals surface area contributed by atoms with Gasteiger partial charge in [0.15, 0.2) is 0 Å². The van der Waals surface area contributed by atoms with Crippen molar-refractivity contribution in [1.82, 2.24) is 20.0 Å². The summed E-state index contributed by atoms with van der Waals surface area (Å²) >= 11 is 1.55. The number of aliphatic carboxylic acids is 1. The Balaban J connectivity index is 1.92. The first-order valence-electron chi connectivity index (χ1n) is 5.90. The van der Waals surface area contributed by atoms with Gasteiger partial charge in [-0.25, -0.2) is 9.59 Å². The second kappa shape index (κ2) is 5.96. The molecular formula is C11H16N4O3S. The molecule has 1 saturated heterocycles. The Morgan fingerprint density at radius 3 is 3.05 bits per heavy atom. The molecule has 1 fully saturated rings. The van der Waals surface area contributed by atoms with E-state index in [1.165, 1.54) is 4.90 Å². The summed E-state index contributed by atoms with van der Waals surface area (Å²) in [5.41, 5.74) is 0.883. The van der Waals surface area contributed by atoms with Gasteiger partial charge in [0.1, 0.15) is 6.04 Å². The van der Waals surface area contributed by atoms with Crippen molar-refractivity contribution in [3.63, 3.8) is 0 Å². The van der Waals surface area contributed by atoms with Crippen molar-refractivity contribution in [1.29, 1.82) is 0 Å². The van der Waals surface area contributed by atoms with Gasteiger partial charge in [-0.15, -0.1) is 0 Å². The highest BCUT2D eigenvalue weighted by Gasteiger charge is 2.32. The SMILES string of the molecule is Cn1cc(CNC(=O)N2CCSCC2C(=O)O)cn1. The molecule has 2 amide bonds. The van der Waals surface area contributed by atoms with Gasteiger partial charge in [-0.05, 0) is 0 Å². The predicted molar refractivity (Wildman–Crippen MR) is 70.9 cm³/mol. The van der Waals surface area contributed by atoms with Crippen molar-refractivity contribution >= 4 is 23.8 Å². The molecule has 19 heavy (non-hydrogen) atoms. The minimum absolute atomic E-state index is 0.337. The summed E-state index contributed by atoms with van der Waals surface area (Å²) in [6.07, 6.45) is 3.47. The van der Waals surface area contributed by atoms with E-state index in [2.05, 4.69) is 10.4 Å². The minimum Gasteiger partial charge on any atom is -0.480 e. The molecule has 104 valence electrons. The van der Waals surface area contributed by atoms with Crippen LogP contribution >= 0.6 is 11.8 Å². The predicted octanol–water partition coefficient (Wildman–Crippen LogP) is 0.132. The van der Waals surface area contributed by atoms with E-state index in [0.717, 1.165) is 11.3 Å². The van der Waals surface area contributed by atoms with Crippen molar-refractivity contribution in [3.8, 4) is 0 Å². The quantitative estimate of drug-likeness (QED) is 0.824. The summed E-state index contributed by atoms with van der Waals surface area (Å²) in [6.45, 7) is 0.809. The molecule has 1 atom stereocenters. The third-order valence-electron chi connectivity index (χ3n) is 2.88. The molecule has 0 aliphatic carbocycles. The molecular weight excluding hydrogens is 268 g/mol. The number of thioether (sulfide) groups is 1. The van der Waals surface area contributed by atoms with Gasteiger partial charge in [-0.3, -0.25) is 4.68 Å². The van der Waals surface area contributed by atoms with E-state index in [1.54, 1.807) is 35.9 Å². The number of carbonyl (C=O) groups is 2. The highest BCUT2D eigenvalue weighted by molar-refractivity contribution is 7.99. The molecule has 0 radical (unpaired) electrons. The van der Waals surface area contributed by atoms with Gasteiger partial charge in [0.2, 0.25) is 0 Å². The summed E-state index contributed by atoms with van der Waals surface area (Å²) < 4.78 is 1.65. The number of nitrogens with one attached hydrogen (secondary N) is 1. The Labute approximate surface area is 115 Å². The lowest BCUT2D eigenvalue weighted by Gasteiger charge is -2.32. The van der Waals surface area contributed by atoms with Gasteiger partial charge in [0.25, 0.3) is 0 Å². The van der Waals surface area contributed by atoms with Crippen LogP contribution in [0.15, 0.2) is 12.4 Å². The first kappa shape index (κ1) is 13.7. The zero-order valence-corrected chi connectivity index (χ0v) is 11.4. The fourth-order valence-electron chi connectivity index (χ4n) is 1.89. The number of aromatic nitrogens is 2. The molecule has 2 rings (SSSR count). The van der Waals surface area contributed by atoms with Crippen molar-refractivity contribution in [2.24, 2.45) is 7.05 Å². The molecule has 1 aromatic heterocycles. The second-order valence-corrected chi connectivity index (χ2v) is 5.45. The maximum Gasteiger partial charge on any atom is 0.327 e. The molecule has 1 aromatic rings. The van der Waals surface area contributed by atoms with Crippen LogP contribution in [-0.4, -0.2) is 55.9 Å². The zero-order valence-electron chi connectivity index (χ0n) is 10.6. The number of amides is 2. The number of rotatable bonds is 3. The molecule has 2 N–H and O–H groups in total. The third-order valence-corrected chi connectivity index (χ3v) is 3.90. The largest absolute Gasteiger partial charge is 0.480 e. The first-order valence-corrected chi connectivity index (χ1v) is 7.06. The maximum atomic E-state index is 12.0. The van der Waals surface area contributed by atoms with E-state index in [1.807, 2.05) is 0 Å².